The molecule has 0 aromatic carbocycles. The first kappa shape index (κ1) is 14.4. The molecule has 108 valence electrons. The number of hydrogen-bond acceptors (Lipinski definition) is 6. The highest BCUT2D eigenvalue weighted by Gasteiger charge is 2.40. The first-order chi connectivity index (χ1) is 9.04. The zero-order valence-electron chi connectivity index (χ0n) is 11.9. The average Bonchev–Trinajstić information content (AvgIpc) is 2.90. The molecule has 6 nitrogen and oxygen atoms in total. The van der Waals surface area contributed by atoms with E-state index in [0.29, 0.717) is 38.1 Å². The molecule has 0 unspecified atom stereocenters. The minimum atomic E-state index is -0.544. The molecule has 1 saturated heterocycles. The van der Waals surface area contributed by atoms with Crippen LogP contribution in [-0.4, -0.2) is 36.5 Å². The molecular formula is C13H23N3O3. The molecule has 6 heteroatoms. The Hall–Kier alpha value is -0.980. The van der Waals surface area contributed by atoms with Crippen molar-refractivity contribution in [1.29, 1.82) is 0 Å². The summed E-state index contributed by atoms with van der Waals surface area (Å²) in [5.41, 5.74) is 5.14. The third kappa shape index (κ3) is 2.80. The van der Waals surface area contributed by atoms with E-state index in [4.69, 9.17) is 19.7 Å². The van der Waals surface area contributed by atoms with Crippen molar-refractivity contribution in [2.45, 2.75) is 44.6 Å². The van der Waals surface area contributed by atoms with Crippen LogP contribution in [-0.2, 0) is 20.5 Å². The third-order valence-corrected chi connectivity index (χ3v) is 3.76. The molecule has 0 bridgehead atoms. The molecule has 0 radical (unpaired) electrons. The molecule has 1 aliphatic rings. The SMILES string of the molecule is CCOC(C)(C)c1noc(C2(CN)CCOCC2)n1. The lowest BCUT2D eigenvalue weighted by Gasteiger charge is -2.32. The lowest BCUT2D eigenvalue weighted by molar-refractivity contribution is -0.0221. The van der Waals surface area contributed by atoms with Crippen LogP contribution < -0.4 is 5.73 Å². The van der Waals surface area contributed by atoms with Crippen molar-refractivity contribution < 1.29 is 14.0 Å². The van der Waals surface area contributed by atoms with E-state index >= 15 is 0 Å². The topological polar surface area (TPSA) is 83.4 Å². The minimum absolute atomic E-state index is 0.244. The van der Waals surface area contributed by atoms with Crippen molar-refractivity contribution >= 4 is 0 Å². The number of nitrogens with two attached hydrogens (primary N) is 1. The van der Waals surface area contributed by atoms with E-state index in [2.05, 4.69) is 10.1 Å². The molecule has 2 N–H and O–H groups in total. The molecule has 1 fully saturated rings. The maximum atomic E-state index is 5.93. The molecule has 19 heavy (non-hydrogen) atoms. The Morgan fingerprint density at radius 1 is 1.37 bits per heavy atom. The Morgan fingerprint density at radius 3 is 2.63 bits per heavy atom. The summed E-state index contributed by atoms with van der Waals surface area (Å²) in [4.78, 5) is 4.53. The van der Waals surface area contributed by atoms with Gasteiger partial charge in [-0.15, -0.1) is 0 Å². The second kappa shape index (κ2) is 5.56. The van der Waals surface area contributed by atoms with Crippen LogP contribution in [0.3, 0.4) is 0 Å². The predicted octanol–water partition coefficient (Wildman–Crippen LogP) is 1.35. The van der Waals surface area contributed by atoms with Crippen LogP contribution in [0.4, 0.5) is 0 Å². The van der Waals surface area contributed by atoms with E-state index in [0.717, 1.165) is 12.8 Å². The largest absolute Gasteiger partial charge is 0.381 e. The highest BCUT2D eigenvalue weighted by Crippen LogP contribution is 2.34. The van der Waals surface area contributed by atoms with E-state index in [1.807, 2.05) is 20.8 Å². The van der Waals surface area contributed by atoms with Crippen LogP contribution in [0.1, 0.15) is 45.3 Å². The van der Waals surface area contributed by atoms with E-state index in [9.17, 15) is 0 Å². The monoisotopic (exact) mass is 269 g/mol. The van der Waals surface area contributed by atoms with Crippen LogP contribution in [0, 0.1) is 0 Å². The predicted molar refractivity (Wildman–Crippen MR) is 69.7 cm³/mol. The molecule has 0 saturated carbocycles. The van der Waals surface area contributed by atoms with Gasteiger partial charge in [0.15, 0.2) is 0 Å². The van der Waals surface area contributed by atoms with Crippen molar-refractivity contribution in [2.24, 2.45) is 5.73 Å². The van der Waals surface area contributed by atoms with Crippen molar-refractivity contribution in [3.05, 3.63) is 11.7 Å². The summed E-state index contributed by atoms with van der Waals surface area (Å²) < 4.78 is 16.5. The fourth-order valence-corrected chi connectivity index (χ4v) is 2.38. The second-order valence-electron chi connectivity index (χ2n) is 5.46. The quantitative estimate of drug-likeness (QED) is 0.868. The van der Waals surface area contributed by atoms with Gasteiger partial charge in [0.25, 0.3) is 0 Å². The molecule has 0 aliphatic carbocycles. The molecule has 1 aromatic heterocycles. The molecule has 1 aromatic rings. The number of aromatic nitrogens is 2. The Morgan fingerprint density at radius 2 is 2.05 bits per heavy atom. The number of nitrogens with zero attached hydrogens (tertiary/aromatic N) is 2. The summed E-state index contributed by atoms with van der Waals surface area (Å²) in [6.45, 7) is 8.28. The number of hydrogen-bond donors (Lipinski definition) is 1. The summed E-state index contributed by atoms with van der Waals surface area (Å²) in [6.07, 6.45) is 1.64. The molecule has 2 rings (SSSR count). The van der Waals surface area contributed by atoms with Gasteiger partial charge in [0, 0.05) is 26.4 Å². The smallest absolute Gasteiger partial charge is 0.234 e. The molecule has 0 atom stereocenters. The third-order valence-electron chi connectivity index (χ3n) is 3.76. The van der Waals surface area contributed by atoms with Crippen molar-refractivity contribution in [3.8, 4) is 0 Å². The highest BCUT2D eigenvalue weighted by atomic mass is 16.5. The van der Waals surface area contributed by atoms with Gasteiger partial charge in [-0.25, -0.2) is 0 Å². The molecular weight excluding hydrogens is 246 g/mol. The van der Waals surface area contributed by atoms with Gasteiger partial charge in [0.05, 0.1) is 5.41 Å². The number of ether oxygens (including phenoxy) is 2. The normalized spacial score (nSPS) is 19.6. The van der Waals surface area contributed by atoms with Crippen LogP contribution >= 0.6 is 0 Å². The van der Waals surface area contributed by atoms with Crippen molar-refractivity contribution in [2.75, 3.05) is 26.4 Å². The highest BCUT2D eigenvalue weighted by molar-refractivity contribution is 5.10. The van der Waals surface area contributed by atoms with Gasteiger partial charge in [-0.05, 0) is 33.6 Å². The summed E-state index contributed by atoms with van der Waals surface area (Å²) in [5.74, 6) is 1.18. The van der Waals surface area contributed by atoms with Crippen molar-refractivity contribution in [3.63, 3.8) is 0 Å². The average molecular weight is 269 g/mol. The fourth-order valence-electron chi connectivity index (χ4n) is 2.38. The fraction of sp³-hybridized carbons (Fsp3) is 0.846. The maximum Gasteiger partial charge on any atom is 0.234 e. The van der Waals surface area contributed by atoms with Gasteiger partial charge in [0.1, 0.15) is 5.60 Å². The lowest BCUT2D eigenvalue weighted by Crippen LogP contribution is -2.41. The van der Waals surface area contributed by atoms with E-state index in [-0.39, 0.29) is 5.41 Å². The Bertz CT molecular complexity index is 411. The standard InChI is InChI=1S/C13H23N3O3/c1-4-18-12(2,3)10-15-11(19-16-10)13(9-14)5-7-17-8-6-13/h4-9,14H2,1-3H3. The minimum Gasteiger partial charge on any atom is -0.381 e. The van der Waals surface area contributed by atoms with Crippen LogP contribution in [0.5, 0.6) is 0 Å². The Balaban J connectivity index is 2.24. The summed E-state index contributed by atoms with van der Waals surface area (Å²) in [7, 11) is 0. The first-order valence-corrected chi connectivity index (χ1v) is 6.80. The Labute approximate surface area is 113 Å². The van der Waals surface area contributed by atoms with Gasteiger partial charge in [0.2, 0.25) is 11.7 Å². The van der Waals surface area contributed by atoms with Crippen LogP contribution in [0.25, 0.3) is 0 Å². The summed E-state index contributed by atoms with van der Waals surface area (Å²) in [5, 5.41) is 4.07. The van der Waals surface area contributed by atoms with Gasteiger partial charge >= 0.3 is 0 Å². The summed E-state index contributed by atoms with van der Waals surface area (Å²) in [6, 6.07) is 0. The molecule has 0 amide bonds. The molecule has 2 heterocycles. The van der Waals surface area contributed by atoms with Gasteiger partial charge in [-0.1, -0.05) is 5.16 Å². The first-order valence-electron chi connectivity index (χ1n) is 6.80. The molecule has 1 aliphatic heterocycles. The van der Waals surface area contributed by atoms with Gasteiger partial charge in [-0.2, -0.15) is 4.98 Å². The molecule has 0 spiro atoms. The summed E-state index contributed by atoms with van der Waals surface area (Å²) >= 11 is 0. The zero-order chi connectivity index (χ0) is 13.9. The van der Waals surface area contributed by atoms with Crippen molar-refractivity contribution in [1.82, 2.24) is 10.1 Å². The van der Waals surface area contributed by atoms with Gasteiger partial charge in [-0.3, -0.25) is 0 Å². The van der Waals surface area contributed by atoms with E-state index in [1.165, 1.54) is 0 Å². The van der Waals surface area contributed by atoms with Crippen LogP contribution in [0.2, 0.25) is 0 Å². The maximum absolute atomic E-state index is 5.93. The van der Waals surface area contributed by atoms with E-state index < -0.39 is 5.60 Å². The lowest BCUT2D eigenvalue weighted by atomic mass is 9.80. The Kier molecular flexibility index (Phi) is 4.23. The van der Waals surface area contributed by atoms with E-state index in [1.54, 1.807) is 0 Å². The van der Waals surface area contributed by atoms with Crippen LogP contribution in [0.15, 0.2) is 4.52 Å². The zero-order valence-corrected chi connectivity index (χ0v) is 11.9. The number of rotatable bonds is 5. The second-order valence-corrected chi connectivity index (χ2v) is 5.46. The van der Waals surface area contributed by atoms with Gasteiger partial charge < -0.3 is 19.7 Å².